The highest BCUT2D eigenvalue weighted by Gasteiger charge is 2.04. The molecule has 0 aliphatic heterocycles. The largest absolute Gasteiger partial charge is 0.289 e. The minimum Gasteiger partial charge on any atom is -0.289 e. The number of rotatable bonds is 14. The van der Waals surface area contributed by atoms with E-state index in [0.29, 0.717) is 0 Å². The van der Waals surface area contributed by atoms with Gasteiger partial charge in [-0.15, -0.1) is 11.8 Å². The third-order valence-electron chi connectivity index (χ3n) is 5.72. The van der Waals surface area contributed by atoms with E-state index in [2.05, 4.69) is 45.0 Å². The smallest absolute Gasteiger partial charge is 0.185 e. The van der Waals surface area contributed by atoms with E-state index >= 15 is 0 Å². The predicted octanol–water partition coefficient (Wildman–Crippen LogP) is 8.82. The average Bonchev–Trinajstić information content (AvgIpc) is 2.76. The minimum atomic E-state index is 0.0615. The monoisotopic (exact) mass is 422 g/mol. The molecule has 0 amide bonds. The maximum atomic E-state index is 12.5. The van der Waals surface area contributed by atoms with Crippen molar-refractivity contribution >= 4 is 23.6 Å². The van der Waals surface area contributed by atoms with Crippen LogP contribution in [0.4, 0.5) is 0 Å². The number of aryl methyl sites for hydroxylation is 1. The van der Waals surface area contributed by atoms with Crippen LogP contribution in [-0.4, -0.2) is 11.5 Å². The number of benzene rings is 2. The molecule has 2 aromatic rings. The van der Waals surface area contributed by atoms with Crippen LogP contribution in [0.1, 0.15) is 91.8 Å². The van der Waals surface area contributed by atoms with E-state index in [1.807, 2.05) is 36.0 Å². The Hall–Kier alpha value is -1.80. The third kappa shape index (κ3) is 8.92. The van der Waals surface area contributed by atoms with Crippen LogP contribution >= 0.6 is 11.8 Å². The van der Waals surface area contributed by atoms with Gasteiger partial charge >= 0.3 is 0 Å². The Morgan fingerprint density at radius 2 is 1.47 bits per heavy atom. The van der Waals surface area contributed by atoms with Crippen molar-refractivity contribution in [1.82, 2.24) is 0 Å². The maximum absolute atomic E-state index is 12.5. The molecule has 0 unspecified atom stereocenters. The Bertz CT molecular complexity index is 789. The highest BCUT2D eigenvalue weighted by molar-refractivity contribution is 7.99. The lowest BCUT2D eigenvalue weighted by Crippen LogP contribution is -1.94. The van der Waals surface area contributed by atoms with E-state index in [1.165, 1.54) is 73.8 Å². The molecule has 0 spiro atoms. The van der Waals surface area contributed by atoms with Gasteiger partial charge in [-0.25, -0.2) is 0 Å². The first kappa shape index (κ1) is 24.5. The Morgan fingerprint density at radius 1 is 0.833 bits per heavy atom. The van der Waals surface area contributed by atoms with Crippen LogP contribution in [0.5, 0.6) is 0 Å². The molecule has 0 N–H and O–H groups in total. The zero-order valence-corrected chi connectivity index (χ0v) is 19.9. The normalized spacial score (nSPS) is 11.3. The van der Waals surface area contributed by atoms with Crippen molar-refractivity contribution in [3.8, 4) is 0 Å². The Balaban J connectivity index is 1.67. The molecular formula is C28H38OS. The number of hydrogen-bond donors (Lipinski definition) is 0. The zero-order chi connectivity index (χ0) is 21.6. The molecule has 0 fully saturated rings. The van der Waals surface area contributed by atoms with E-state index in [0.717, 1.165) is 16.9 Å². The Kier molecular flexibility index (Phi) is 11.6. The summed E-state index contributed by atoms with van der Waals surface area (Å²) in [6.45, 7) is 6.46. The van der Waals surface area contributed by atoms with Gasteiger partial charge in [-0.2, -0.15) is 0 Å². The first-order valence-corrected chi connectivity index (χ1v) is 12.6. The van der Waals surface area contributed by atoms with Gasteiger partial charge in [-0.1, -0.05) is 82.6 Å². The number of unbranched alkanes of at least 4 members (excludes halogenated alkanes) is 8. The van der Waals surface area contributed by atoms with E-state index in [1.54, 1.807) is 6.08 Å². The van der Waals surface area contributed by atoms with Crippen LogP contribution in [-0.2, 0) is 0 Å². The van der Waals surface area contributed by atoms with Gasteiger partial charge in [0, 0.05) is 10.5 Å². The fourth-order valence-electron chi connectivity index (χ4n) is 3.53. The summed E-state index contributed by atoms with van der Waals surface area (Å²) in [7, 11) is 0. The number of carbonyl (C=O) groups excluding carboxylic acids is 1. The molecular weight excluding hydrogens is 384 g/mol. The van der Waals surface area contributed by atoms with E-state index in [-0.39, 0.29) is 5.78 Å². The lowest BCUT2D eigenvalue weighted by molar-refractivity contribution is 0.104. The summed E-state index contributed by atoms with van der Waals surface area (Å²) in [6.07, 6.45) is 15.9. The van der Waals surface area contributed by atoms with Gasteiger partial charge in [0.25, 0.3) is 0 Å². The second-order valence-corrected chi connectivity index (χ2v) is 9.36. The fraction of sp³-hybridized carbons (Fsp3) is 0.464. The molecule has 0 saturated carbocycles. The highest BCUT2D eigenvalue weighted by atomic mass is 32.2. The fourth-order valence-corrected chi connectivity index (χ4v) is 4.45. The summed E-state index contributed by atoms with van der Waals surface area (Å²) in [6, 6.07) is 14.3. The van der Waals surface area contributed by atoms with Gasteiger partial charge in [0.2, 0.25) is 0 Å². The molecule has 2 aromatic carbocycles. The molecule has 1 nitrogen and oxygen atoms in total. The quantitative estimate of drug-likeness (QED) is 0.131. The first-order chi connectivity index (χ1) is 14.6. The molecule has 162 valence electrons. The van der Waals surface area contributed by atoms with Gasteiger partial charge in [0.1, 0.15) is 0 Å². The van der Waals surface area contributed by atoms with Crippen molar-refractivity contribution in [2.45, 2.75) is 83.5 Å². The SMILES string of the molecule is CCCCCCCCCCCSc1ccc(C(=O)/C=C/c2cccc(C)c2C)cc1. The molecule has 0 aliphatic rings. The molecule has 0 radical (unpaired) electrons. The molecule has 0 saturated heterocycles. The van der Waals surface area contributed by atoms with Crippen LogP contribution in [0, 0.1) is 13.8 Å². The van der Waals surface area contributed by atoms with Crippen molar-refractivity contribution in [3.63, 3.8) is 0 Å². The standard InChI is InChI=1S/C28H38OS/c1-4-5-6-7-8-9-10-11-12-22-30-27-19-16-26(17-20-27)28(29)21-18-25-15-13-14-23(2)24(25)3/h13-21H,4-12,22H2,1-3H3/b21-18+. The summed E-state index contributed by atoms with van der Waals surface area (Å²) in [4.78, 5) is 13.7. The number of hydrogen-bond acceptors (Lipinski definition) is 2. The highest BCUT2D eigenvalue weighted by Crippen LogP contribution is 2.21. The number of ketones is 1. The summed E-state index contributed by atoms with van der Waals surface area (Å²) in [5.74, 6) is 1.22. The van der Waals surface area contributed by atoms with Crippen LogP contribution in [0.2, 0.25) is 0 Å². The van der Waals surface area contributed by atoms with Crippen molar-refractivity contribution in [1.29, 1.82) is 0 Å². The van der Waals surface area contributed by atoms with Crippen LogP contribution < -0.4 is 0 Å². The molecule has 0 heterocycles. The molecule has 30 heavy (non-hydrogen) atoms. The summed E-state index contributed by atoms with van der Waals surface area (Å²) in [5, 5.41) is 0. The summed E-state index contributed by atoms with van der Waals surface area (Å²) >= 11 is 1.90. The lowest BCUT2D eigenvalue weighted by atomic mass is 10.0. The molecule has 2 rings (SSSR count). The van der Waals surface area contributed by atoms with Gasteiger partial charge in [-0.05, 0) is 73.1 Å². The van der Waals surface area contributed by atoms with Crippen molar-refractivity contribution in [2.75, 3.05) is 5.75 Å². The number of carbonyl (C=O) groups is 1. The summed E-state index contributed by atoms with van der Waals surface area (Å²) in [5.41, 5.74) is 4.34. The van der Waals surface area contributed by atoms with Crippen molar-refractivity contribution in [2.24, 2.45) is 0 Å². The van der Waals surface area contributed by atoms with Crippen LogP contribution in [0.3, 0.4) is 0 Å². The number of thioether (sulfide) groups is 1. The van der Waals surface area contributed by atoms with Gasteiger partial charge in [0.15, 0.2) is 5.78 Å². The Morgan fingerprint density at radius 3 is 2.13 bits per heavy atom. The number of allylic oxidation sites excluding steroid dienone is 1. The second kappa shape index (κ2) is 14.2. The van der Waals surface area contributed by atoms with Crippen molar-refractivity contribution in [3.05, 3.63) is 70.8 Å². The van der Waals surface area contributed by atoms with E-state index in [4.69, 9.17) is 0 Å². The van der Waals surface area contributed by atoms with Gasteiger partial charge in [-0.3, -0.25) is 4.79 Å². The van der Waals surface area contributed by atoms with Crippen LogP contribution in [0.25, 0.3) is 6.08 Å². The van der Waals surface area contributed by atoms with Gasteiger partial charge < -0.3 is 0 Å². The average molecular weight is 423 g/mol. The van der Waals surface area contributed by atoms with E-state index in [9.17, 15) is 4.79 Å². The summed E-state index contributed by atoms with van der Waals surface area (Å²) < 4.78 is 0. The topological polar surface area (TPSA) is 17.1 Å². The zero-order valence-electron chi connectivity index (χ0n) is 19.1. The van der Waals surface area contributed by atoms with Crippen LogP contribution in [0.15, 0.2) is 53.4 Å². The lowest BCUT2D eigenvalue weighted by Gasteiger charge is -2.05. The molecule has 0 aromatic heterocycles. The third-order valence-corrected chi connectivity index (χ3v) is 6.81. The minimum absolute atomic E-state index is 0.0615. The molecule has 0 aliphatic carbocycles. The second-order valence-electron chi connectivity index (χ2n) is 8.19. The Labute approximate surface area is 188 Å². The van der Waals surface area contributed by atoms with Gasteiger partial charge in [0.05, 0.1) is 0 Å². The maximum Gasteiger partial charge on any atom is 0.185 e. The molecule has 0 bridgehead atoms. The molecule has 0 atom stereocenters. The predicted molar refractivity (Wildman–Crippen MR) is 134 cm³/mol. The molecule has 2 heteroatoms. The van der Waals surface area contributed by atoms with E-state index < -0.39 is 0 Å². The van der Waals surface area contributed by atoms with Crippen molar-refractivity contribution < 1.29 is 4.79 Å². The first-order valence-electron chi connectivity index (χ1n) is 11.6.